The first-order valence-corrected chi connectivity index (χ1v) is 5.82. The van der Waals surface area contributed by atoms with Crippen molar-refractivity contribution in [3.63, 3.8) is 0 Å². The van der Waals surface area contributed by atoms with Crippen LogP contribution in [0, 0.1) is 5.41 Å². The van der Waals surface area contributed by atoms with Gasteiger partial charge in [-0.15, -0.1) is 0 Å². The molecule has 2 nitrogen and oxygen atoms in total. The van der Waals surface area contributed by atoms with E-state index in [1.807, 2.05) is 0 Å². The zero-order valence-electron chi connectivity index (χ0n) is 9.31. The number of rotatable bonds is 4. The minimum Gasteiger partial charge on any atom is -0.497 e. The van der Waals surface area contributed by atoms with E-state index in [0.717, 1.165) is 13.2 Å². The molecule has 0 aromatic carbocycles. The fourth-order valence-corrected chi connectivity index (χ4v) is 2.16. The average molecular weight is 195 g/mol. The number of likely N-dealkylation sites (N-methyl/N-ethyl adjacent to an activating group) is 1. The summed E-state index contributed by atoms with van der Waals surface area (Å²) in [6.07, 6.45) is 7.32. The first-order chi connectivity index (χ1) is 6.76. The van der Waals surface area contributed by atoms with Crippen molar-refractivity contribution in [1.82, 2.24) is 5.32 Å². The summed E-state index contributed by atoms with van der Waals surface area (Å²) >= 11 is 0. The Kier molecular flexibility index (Phi) is 2.82. The van der Waals surface area contributed by atoms with Crippen LogP contribution >= 0.6 is 0 Å². The molecule has 0 spiro atoms. The summed E-state index contributed by atoms with van der Waals surface area (Å²) in [5.41, 5.74) is 0.471. The fourth-order valence-electron chi connectivity index (χ4n) is 2.16. The van der Waals surface area contributed by atoms with Gasteiger partial charge in [-0.1, -0.05) is 13.8 Å². The van der Waals surface area contributed by atoms with Crippen LogP contribution in [-0.4, -0.2) is 19.2 Å². The smallest absolute Gasteiger partial charge is 0.109 e. The Labute approximate surface area is 86.7 Å². The summed E-state index contributed by atoms with van der Waals surface area (Å²) < 4.78 is 5.76. The summed E-state index contributed by atoms with van der Waals surface area (Å²) in [6.45, 7) is 6.46. The molecule has 0 aromatic heterocycles. The zero-order chi connectivity index (χ0) is 10.0. The lowest BCUT2D eigenvalue weighted by molar-refractivity contribution is 0.149. The van der Waals surface area contributed by atoms with Crippen molar-refractivity contribution in [2.45, 2.75) is 45.6 Å². The van der Waals surface area contributed by atoms with Gasteiger partial charge in [0.2, 0.25) is 0 Å². The lowest BCUT2D eigenvalue weighted by Crippen LogP contribution is -2.39. The highest BCUT2D eigenvalue weighted by molar-refractivity contribution is 5.15. The standard InChI is InChI=1S/C12H21NO/c1-3-13-11(12(2)7-8-12)10-6-4-5-9-14-10/h6,11,13H,3-5,7-9H2,1-2H3. The van der Waals surface area contributed by atoms with Gasteiger partial charge >= 0.3 is 0 Å². The van der Waals surface area contributed by atoms with E-state index in [-0.39, 0.29) is 0 Å². The molecule has 0 saturated heterocycles. The number of hydrogen-bond donors (Lipinski definition) is 1. The number of nitrogens with one attached hydrogen (secondary N) is 1. The summed E-state index contributed by atoms with van der Waals surface area (Å²) in [5.74, 6) is 1.21. The minimum atomic E-state index is 0.466. The fraction of sp³-hybridized carbons (Fsp3) is 0.833. The molecule has 0 radical (unpaired) electrons. The van der Waals surface area contributed by atoms with Crippen LogP contribution in [0.5, 0.6) is 0 Å². The van der Waals surface area contributed by atoms with Gasteiger partial charge in [0.1, 0.15) is 5.76 Å². The van der Waals surface area contributed by atoms with Gasteiger partial charge in [0.25, 0.3) is 0 Å². The third-order valence-corrected chi connectivity index (χ3v) is 3.39. The summed E-state index contributed by atoms with van der Waals surface area (Å²) in [4.78, 5) is 0. The molecule has 2 heteroatoms. The van der Waals surface area contributed by atoms with E-state index in [0.29, 0.717) is 11.5 Å². The van der Waals surface area contributed by atoms with E-state index in [1.165, 1.54) is 31.4 Å². The first-order valence-electron chi connectivity index (χ1n) is 5.82. The third-order valence-electron chi connectivity index (χ3n) is 3.39. The van der Waals surface area contributed by atoms with Crippen molar-refractivity contribution >= 4 is 0 Å². The Bertz CT molecular complexity index is 230. The van der Waals surface area contributed by atoms with Crippen molar-refractivity contribution in [2.75, 3.05) is 13.2 Å². The Balaban J connectivity index is 2.05. The van der Waals surface area contributed by atoms with Crippen LogP contribution < -0.4 is 5.32 Å². The number of allylic oxidation sites excluding steroid dienone is 1. The van der Waals surface area contributed by atoms with E-state index in [4.69, 9.17) is 4.74 Å². The zero-order valence-corrected chi connectivity index (χ0v) is 9.31. The maximum absolute atomic E-state index is 5.76. The van der Waals surface area contributed by atoms with Gasteiger partial charge in [0.15, 0.2) is 0 Å². The molecule has 1 unspecified atom stereocenters. The summed E-state index contributed by atoms with van der Waals surface area (Å²) in [7, 11) is 0. The monoisotopic (exact) mass is 195 g/mol. The highest BCUT2D eigenvalue weighted by Gasteiger charge is 2.46. The van der Waals surface area contributed by atoms with Gasteiger partial charge in [0.05, 0.1) is 12.6 Å². The topological polar surface area (TPSA) is 21.3 Å². The molecule has 1 atom stereocenters. The summed E-state index contributed by atoms with van der Waals surface area (Å²) in [6, 6.07) is 0.466. The Hall–Kier alpha value is -0.500. The Morgan fingerprint density at radius 3 is 2.86 bits per heavy atom. The lowest BCUT2D eigenvalue weighted by atomic mass is 9.95. The van der Waals surface area contributed by atoms with Crippen LogP contribution in [0.3, 0.4) is 0 Å². The first kappa shape index (κ1) is 10.0. The predicted molar refractivity (Wildman–Crippen MR) is 58.1 cm³/mol. The number of ether oxygens (including phenoxy) is 1. The van der Waals surface area contributed by atoms with Crippen molar-refractivity contribution in [1.29, 1.82) is 0 Å². The van der Waals surface area contributed by atoms with Crippen molar-refractivity contribution in [2.24, 2.45) is 5.41 Å². The van der Waals surface area contributed by atoms with Gasteiger partial charge in [-0.25, -0.2) is 0 Å². The highest BCUT2D eigenvalue weighted by atomic mass is 16.5. The second-order valence-electron chi connectivity index (χ2n) is 4.74. The van der Waals surface area contributed by atoms with Crippen LogP contribution in [0.1, 0.15) is 39.5 Å². The maximum atomic E-state index is 5.76. The van der Waals surface area contributed by atoms with Crippen LogP contribution in [0.15, 0.2) is 11.8 Å². The normalized spacial score (nSPS) is 26.3. The maximum Gasteiger partial charge on any atom is 0.109 e. The van der Waals surface area contributed by atoms with E-state index in [2.05, 4.69) is 25.2 Å². The van der Waals surface area contributed by atoms with E-state index < -0.39 is 0 Å². The molecule has 14 heavy (non-hydrogen) atoms. The largest absolute Gasteiger partial charge is 0.497 e. The summed E-state index contributed by atoms with van der Waals surface area (Å²) in [5, 5.41) is 3.56. The van der Waals surface area contributed by atoms with Crippen molar-refractivity contribution in [3.05, 3.63) is 11.8 Å². The van der Waals surface area contributed by atoms with Crippen LogP contribution in [0.2, 0.25) is 0 Å². The Morgan fingerprint density at radius 2 is 2.36 bits per heavy atom. The molecule has 0 bridgehead atoms. The quantitative estimate of drug-likeness (QED) is 0.744. The lowest BCUT2D eigenvalue weighted by Gasteiger charge is -2.29. The number of hydrogen-bond acceptors (Lipinski definition) is 2. The third kappa shape index (κ3) is 1.95. The molecule has 2 aliphatic rings. The molecule has 0 aromatic rings. The molecule has 80 valence electrons. The molecule has 2 rings (SSSR count). The molecule has 1 N–H and O–H groups in total. The SMILES string of the molecule is CCNC(C1=CCCCO1)C1(C)CC1. The Morgan fingerprint density at radius 1 is 1.57 bits per heavy atom. The van der Waals surface area contributed by atoms with E-state index in [1.54, 1.807) is 0 Å². The van der Waals surface area contributed by atoms with Gasteiger partial charge in [-0.3, -0.25) is 0 Å². The molecule has 1 saturated carbocycles. The van der Waals surface area contributed by atoms with Gasteiger partial charge < -0.3 is 10.1 Å². The molecular weight excluding hydrogens is 174 g/mol. The van der Waals surface area contributed by atoms with E-state index in [9.17, 15) is 0 Å². The molecule has 1 fully saturated rings. The van der Waals surface area contributed by atoms with Crippen molar-refractivity contribution in [3.8, 4) is 0 Å². The molecule has 1 aliphatic heterocycles. The van der Waals surface area contributed by atoms with Crippen LogP contribution in [0.25, 0.3) is 0 Å². The van der Waals surface area contributed by atoms with Crippen LogP contribution in [0.4, 0.5) is 0 Å². The minimum absolute atomic E-state index is 0.466. The molecule has 1 heterocycles. The average Bonchev–Trinajstić information content (AvgIpc) is 2.95. The van der Waals surface area contributed by atoms with Crippen LogP contribution in [-0.2, 0) is 4.74 Å². The van der Waals surface area contributed by atoms with Gasteiger partial charge in [0, 0.05) is 0 Å². The van der Waals surface area contributed by atoms with Gasteiger partial charge in [-0.2, -0.15) is 0 Å². The van der Waals surface area contributed by atoms with E-state index >= 15 is 0 Å². The highest BCUT2D eigenvalue weighted by Crippen LogP contribution is 2.50. The second-order valence-corrected chi connectivity index (χ2v) is 4.74. The molecular formula is C12H21NO. The second kappa shape index (κ2) is 3.93. The van der Waals surface area contributed by atoms with Gasteiger partial charge in [-0.05, 0) is 43.7 Å². The van der Waals surface area contributed by atoms with Crippen molar-refractivity contribution < 1.29 is 4.74 Å². The molecule has 0 amide bonds. The molecule has 1 aliphatic carbocycles. The predicted octanol–water partition coefficient (Wildman–Crippen LogP) is 2.46.